The van der Waals surface area contributed by atoms with Crippen molar-refractivity contribution in [1.29, 1.82) is 0 Å². The van der Waals surface area contributed by atoms with Gasteiger partial charge in [-0.15, -0.1) is 0 Å². The minimum absolute atomic E-state index is 0.149. The second-order valence-electron chi connectivity index (χ2n) is 5.49. The third-order valence-electron chi connectivity index (χ3n) is 3.68. The highest BCUT2D eigenvalue weighted by molar-refractivity contribution is 14.1. The van der Waals surface area contributed by atoms with Crippen molar-refractivity contribution < 1.29 is 30.0 Å². The molecule has 0 aromatic heterocycles. The van der Waals surface area contributed by atoms with Crippen LogP contribution in [-0.4, -0.2) is 70.8 Å². The minimum atomic E-state index is -0.845. The molecule has 0 heterocycles. The number of halogens is 2. The minimum Gasteiger partial charge on any atom is -0.398 e. The molecule has 0 aliphatic heterocycles. The zero-order valence-corrected chi connectivity index (χ0v) is 18.2. The number of nitrogens with one attached hydrogen (secondary N) is 2. The van der Waals surface area contributed by atoms with E-state index in [0.29, 0.717) is 12.7 Å². The molecule has 8 N–H and O–H groups in total. The van der Waals surface area contributed by atoms with E-state index in [2.05, 4.69) is 10.6 Å². The van der Waals surface area contributed by atoms with Crippen LogP contribution in [-0.2, 0) is 0 Å². The fraction of sp³-hybridized carbons (Fsp3) is 0.467. The zero-order chi connectivity index (χ0) is 20.0. The lowest BCUT2D eigenvalue weighted by atomic mass is 10.0. The summed E-state index contributed by atoms with van der Waals surface area (Å²) in [4.78, 5) is 25.2. The number of hydrogen-bond donors (Lipinski definition) is 7. The van der Waals surface area contributed by atoms with Gasteiger partial charge in [0.1, 0.15) is 0 Å². The Hall–Kier alpha value is -0.740. The molecule has 0 radical (unpaired) electrons. The Balaban J connectivity index is 3.40. The maximum Gasteiger partial charge on any atom is 0.253 e. The number of carbonyl (C=O) groups excluding carboxylic acids is 2. The van der Waals surface area contributed by atoms with Crippen LogP contribution in [0.25, 0.3) is 0 Å². The summed E-state index contributed by atoms with van der Waals surface area (Å²) in [5, 5.41) is 41.5. The van der Waals surface area contributed by atoms with E-state index in [1.807, 2.05) is 45.2 Å². The number of nitrogens with two attached hydrogens (primary N) is 1. The van der Waals surface area contributed by atoms with Crippen LogP contribution in [0.15, 0.2) is 0 Å². The number of benzene rings is 1. The van der Waals surface area contributed by atoms with Gasteiger partial charge in [0, 0.05) is 9.26 Å². The number of anilines is 1. The molecule has 0 aliphatic carbocycles. The molecular formula is C15H21I2N3O6. The smallest absolute Gasteiger partial charge is 0.253 e. The molecule has 146 valence electrons. The number of rotatable bonds is 8. The van der Waals surface area contributed by atoms with Crippen molar-refractivity contribution in [2.45, 2.75) is 19.0 Å². The highest BCUT2D eigenvalue weighted by Crippen LogP contribution is 2.32. The Morgan fingerprint density at radius 2 is 1.27 bits per heavy atom. The van der Waals surface area contributed by atoms with Gasteiger partial charge in [-0.05, 0) is 57.7 Å². The second-order valence-corrected chi connectivity index (χ2v) is 7.65. The molecule has 1 aromatic rings. The molecule has 1 aromatic carbocycles. The van der Waals surface area contributed by atoms with Gasteiger partial charge in [-0.2, -0.15) is 0 Å². The van der Waals surface area contributed by atoms with Crippen molar-refractivity contribution in [3.63, 3.8) is 0 Å². The average molecular weight is 593 g/mol. The van der Waals surface area contributed by atoms with Crippen molar-refractivity contribution in [2.75, 3.05) is 32.2 Å². The highest BCUT2D eigenvalue weighted by Gasteiger charge is 2.27. The van der Waals surface area contributed by atoms with Crippen LogP contribution < -0.4 is 16.4 Å². The van der Waals surface area contributed by atoms with Gasteiger partial charge in [-0.25, -0.2) is 0 Å². The summed E-state index contributed by atoms with van der Waals surface area (Å²) in [6, 6.07) is -1.69. The highest BCUT2D eigenvalue weighted by atomic mass is 127. The Labute approximate surface area is 177 Å². The summed E-state index contributed by atoms with van der Waals surface area (Å²) in [6.07, 6.45) is 0. The summed E-state index contributed by atoms with van der Waals surface area (Å²) in [5.74, 6) is -1.17. The largest absolute Gasteiger partial charge is 0.398 e. The Kier molecular flexibility index (Phi) is 9.46. The Morgan fingerprint density at radius 3 is 1.65 bits per heavy atom. The predicted molar refractivity (Wildman–Crippen MR) is 112 cm³/mol. The van der Waals surface area contributed by atoms with Crippen molar-refractivity contribution >= 4 is 62.7 Å². The standard InChI is InChI=1S/C15H21I2N3O6/c1-6-9(14(25)19-7(2-21)3-22)11(16)10(12(17)13(6)18)15(26)20-8(4-23)5-24/h7-8,21-24H,2-5,18H2,1H3,(H,19,25)(H,20,26). The average Bonchev–Trinajstić information content (AvgIpc) is 2.62. The fourth-order valence-electron chi connectivity index (χ4n) is 2.10. The summed E-state index contributed by atoms with van der Waals surface area (Å²) < 4.78 is 0.770. The first kappa shape index (κ1) is 23.3. The van der Waals surface area contributed by atoms with E-state index in [9.17, 15) is 9.59 Å². The quantitative estimate of drug-likeness (QED) is 0.149. The van der Waals surface area contributed by atoms with Crippen molar-refractivity contribution in [3.05, 3.63) is 23.8 Å². The van der Waals surface area contributed by atoms with Gasteiger partial charge >= 0.3 is 0 Å². The van der Waals surface area contributed by atoms with Crippen LogP contribution in [0.2, 0.25) is 0 Å². The second kappa shape index (κ2) is 10.6. The Morgan fingerprint density at radius 1 is 0.885 bits per heavy atom. The van der Waals surface area contributed by atoms with E-state index in [1.54, 1.807) is 6.92 Å². The summed E-state index contributed by atoms with van der Waals surface area (Å²) >= 11 is 3.74. The number of amides is 2. The van der Waals surface area contributed by atoms with E-state index >= 15 is 0 Å². The number of carbonyl (C=O) groups is 2. The molecule has 11 heteroatoms. The van der Waals surface area contributed by atoms with E-state index < -0.39 is 50.3 Å². The first-order chi connectivity index (χ1) is 12.2. The van der Waals surface area contributed by atoms with Gasteiger partial charge in [0.15, 0.2) is 0 Å². The van der Waals surface area contributed by atoms with Gasteiger partial charge in [-0.1, -0.05) is 0 Å². The van der Waals surface area contributed by atoms with E-state index in [0.717, 1.165) is 0 Å². The lowest BCUT2D eigenvalue weighted by Gasteiger charge is -2.21. The van der Waals surface area contributed by atoms with Crippen molar-refractivity contribution in [1.82, 2.24) is 10.6 Å². The molecule has 0 bridgehead atoms. The maximum atomic E-state index is 12.6. The summed E-state index contributed by atoms with van der Waals surface area (Å²) in [7, 11) is 0. The van der Waals surface area contributed by atoms with E-state index in [1.165, 1.54) is 0 Å². The first-order valence-corrected chi connectivity index (χ1v) is 9.71. The van der Waals surface area contributed by atoms with Gasteiger partial charge < -0.3 is 36.8 Å². The third kappa shape index (κ3) is 5.16. The van der Waals surface area contributed by atoms with Gasteiger partial charge in [0.2, 0.25) is 0 Å². The molecule has 9 nitrogen and oxygen atoms in total. The van der Waals surface area contributed by atoms with Crippen LogP contribution in [0.5, 0.6) is 0 Å². The van der Waals surface area contributed by atoms with Crippen LogP contribution in [0.3, 0.4) is 0 Å². The predicted octanol–water partition coefficient (Wildman–Crippen LogP) is -1.05. The fourth-order valence-corrected chi connectivity index (χ4v) is 4.70. The molecule has 1 rings (SSSR count). The normalized spacial score (nSPS) is 11.1. The van der Waals surface area contributed by atoms with E-state index in [4.69, 9.17) is 26.2 Å². The van der Waals surface area contributed by atoms with Crippen LogP contribution in [0.4, 0.5) is 5.69 Å². The molecule has 0 atom stereocenters. The summed E-state index contributed by atoms with van der Waals surface area (Å²) in [6.45, 7) is -0.148. The number of nitrogen functional groups attached to an aromatic ring is 1. The van der Waals surface area contributed by atoms with Crippen molar-refractivity contribution in [2.24, 2.45) is 0 Å². The number of aliphatic hydroxyl groups excluding tert-OH is 4. The van der Waals surface area contributed by atoms with Crippen molar-refractivity contribution in [3.8, 4) is 0 Å². The Bertz CT molecular complexity index is 625. The van der Waals surface area contributed by atoms with Crippen LogP contribution >= 0.6 is 45.2 Å². The molecule has 0 aliphatic rings. The van der Waals surface area contributed by atoms with E-state index in [-0.39, 0.29) is 16.8 Å². The van der Waals surface area contributed by atoms with Crippen LogP contribution in [0.1, 0.15) is 26.3 Å². The molecule has 0 unspecified atom stereocenters. The lowest BCUT2D eigenvalue weighted by Crippen LogP contribution is -2.42. The summed E-state index contributed by atoms with van der Waals surface area (Å²) in [5.41, 5.74) is 7.06. The lowest BCUT2D eigenvalue weighted by molar-refractivity contribution is 0.0874. The number of hydrogen-bond acceptors (Lipinski definition) is 7. The molecule has 0 spiro atoms. The molecule has 26 heavy (non-hydrogen) atoms. The molecule has 0 saturated carbocycles. The zero-order valence-electron chi connectivity index (χ0n) is 13.9. The molecule has 0 fully saturated rings. The van der Waals surface area contributed by atoms with Crippen LogP contribution in [0, 0.1) is 14.1 Å². The maximum absolute atomic E-state index is 12.6. The number of aliphatic hydroxyl groups is 4. The van der Waals surface area contributed by atoms with Gasteiger partial charge in [0.25, 0.3) is 11.8 Å². The monoisotopic (exact) mass is 593 g/mol. The third-order valence-corrected chi connectivity index (χ3v) is 5.88. The van der Waals surface area contributed by atoms with Gasteiger partial charge in [-0.3, -0.25) is 9.59 Å². The molecular weight excluding hydrogens is 572 g/mol. The first-order valence-electron chi connectivity index (χ1n) is 7.55. The van der Waals surface area contributed by atoms with Gasteiger partial charge in [0.05, 0.1) is 53.2 Å². The topological polar surface area (TPSA) is 165 Å². The molecule has 0 saturated heterocycles. The SMILES string of the molecule is Cc1c(N)c(I)c(C(=O)NC(CO)CO)c(I)c1C(=O)NC(CO)CO. The molecule has 2 amide bonds.